The zero-order chi connectivity index (χ0) is 15.4. The molecule has 1 aromatic rings. The maximum Gasteiger partial charge on any atom is 0.164 e. The van der Waals surface area contributed by atoms with Crippen LogP contribution < -0.4 is 0 Å². The lowest BCUT2D eigenvalue weighted by Crippen LogP contribution is -2.38. The van der Waals surface area contributed by atoms with Crippen LogP contribution in [0.4, 0.5) is 0 Å². The average molecular weight is 355 g/mol. The molecule has 5 heteroatoms. The molecule has 2 unspecified atom stereocenters. The Morgan fingerprint density at radius 2 is 2.05 bits per heavy atom. The standard InChI is InChI=1S/C16H23BrN2O2/c1-18(2)10-14-9-15(20)11-19(14)8-7-16(21)12-3-5-13(17)6-4-12/h3-6,14-15,20H,7-11H2,1-2H3. The van der Waals surface area contributed by atoms with Gasteiger partial charge < -0.3 is 10.0 Å². The largest absolute Gasteiger partial charge is 0.392 e. The van der Waals surface area contributed by atoms with Gasteiger partial charge in [-0.25, -0.2) is 0 Å². The van der Waals surface area contributed by atoms with Gasteiger partial charge in [-0.2, -0.15) is 0 Å². The van der Waals surface area contributed by atoms with Crippen molar-refractivity contribution < 1.29 is 9.90 Å². The zero-order valence-corrected chi connectivity index (χ0v) is 14.2. The highest BCUT2D eigenvalue weighted by Crippen LogP contribution is 2.19. The van der Waals surface area contributed by atoms with Gasteiger partial charge in [0.15, 0.2) is 5.78 Å². The van der Waals surface area contributed by atoms with E-state index < -0.39 is 0 Å². The van der Waals surface area contributed by atoms with Gasteiger partial charge >= 0.3 is 0 Å². The molecule has 4 nitrogen and oxygen atoms in total. The van der Waals surface area contributed by atoms with Gasteiger partial charge in [0.2, 0.25) is 0 Å². The summed E-state index contributed by atoms with van der Waals surface area (Å²) in [6, 6.07) is 7.82. The van der Waals surface area contributed by atoms with Gasteiger partial charge in [-0.05, 0) is 32.6 Å². The maximum absolute atomic E-state index is 12.2. The lowest BCUT2D eigenvalue weighted by molar-refractivity contribution is 0.0952. The Kier molecular flexibility index (Phi) is 5.93. The van der Waals surface area contributed by atoms with Crippen LogP contribution in [0.15, 0.2) is 28.7 Å². The summed E-state index contributed by atoms with van der Waals surface area (Å²) in [5.41, 5.74) is 0.752. The van der Waals surface area contributed by atoms with E-state index in [2.05, 4.69) is 25.7 Å². The van der Waals surface area contributed by atoms with Crippen molar-refractivity contribution in [3.8, 4) is 0 Å². The van der Waals surface area contributed by atoms with Crippen LogP contribution >= 0.6 is 15.9 Å². The van der Waals surface area contributed by atoms with Crippen LogP contribution in [0.5, 0.6) is 0 Å². The summed E-state index contributed by atoms with van der Waals surface area (Å²) in [6.07, 6.45) is 1.03. The fraction of sp³-hybridized carbons (Fsp3) is 0.562. The highest BCUT2D eigenvalue weighted by atomic mass is 79.9. The molecular weight excluding hydrogens is 332 g/mol. The van der Waals surface area contributed by atoms with Crippen LogP contribution in [-0.4, -0.2) is 66.6 Å². The van der Waals surface area contributed by atoms with Crippen molar-refractivity contribution in [2.45, 2.75) is 25.0 Å². The summed E-state index contributed by atoms with van der Waals surface area (Å²) in [5, 5.41) is 9.85. The van der Waals surface area contributed by atoms with Crippen molar-refractivity contribution in [1.29, 1.82) is 0 Å². The molecule has 1 aromatic carbocycles. The second-order valence-electron chi connectivity index (χ2n) is 5.98. The van der Waals surface area contributed by atoms with E-state index in [-0.39, 0.29) is 11.9 Å². The molecule has 1 saturated heterocycles. The molecule has 2 atom stereocenters. The Morgan fingerprint density at radius 1 is 1.38 bits per heavy atom. The van der Waals surface area contributed by atoms with Crippen LogP contribution in [0, 0.1) is 0 Å². The second-order valence-corrected chi connectivity index (χ2v) is 6.90. The number of likely N-dealkylation sites (tertiary alicyclic amines) is 1. The van der Waals surface area contributed by atoms with Gasteiger partial charge in [-0.15, -0.1) is 0 Å². The molecule has 0 saturated carbocycles. The average Bonchev–Trinajstić information content (AvgIpc) is 2.76. The SMILES string of the molecule is CN(C)CC1CC(O)CN1CCC(=O)c1ccc(Br)cc1. The molecule has 0 amide bonds. The van der Waals surface area contributed by atoms with Crippen molar-refractivity contribution in [3.05, 3.63) is 34.3 Å². The molecule has 0 spiro atoms. The minimum atomic E-state index is -0.266. The van der Waals surface area contributed by atoms with Crippen LogP contribution in [0.3, 0.4) is 0 Å². The Labute approximate surface area is 134 Å². The lowest BCUT2D eigenvalue weighted by atomic mass is 10.1. The Morgan fingerprint density at radius 3 is 2.67 bits per heavy atom. The van der Waals surface area contributed by atoms with E-state index in [0.29, 0.717) is 25.6 Å². The Hall–Kier alpha value is -0.750. The molecule has 2 rings (SSSR count). The van der Waals surface area contributed by atoms with Crippen molar-refractivity contribution >= 4 is 21.7 Å². The summed E-state index contributed by atoms with van der Waals surface area (Å²) in [6.45, 7) is 2.31. The van der Waals surface area contributed by atoms with E-state index in [1.165, 1.54) is 0 Å². The van der Waals surface area contributed by atoms with Crippen molar-refractivity contribution in [2.75, 3.05) is 33.7 Å². The molecule has 1 aliphatic heterocycles. The predicted octanol–water partition coefficient (Wildman–Crippen LogP) is 2.02. The Bertz CT molecular complexity index is 476. The van der Waals surface area contributed by atoms with Crippen molar-refractivity contribution in [3.63, 3.8) is 0 Å². The first-order valence-electron chi connectivity index (χ1n) is 7.31. The van der Waals surface area contributed by atoms with E-state index in [9.17, 15) is 9.90 Å². The van der Waals surface area contributed by atoms with Gasteiger partial charge in [0, 0.05) is 42.1 Å². The number of carbonyl (C=O) groups is 1. The zero-order valence-electron chi connectivity index (χ0n) is 12.6. The third-order valence-corrected chi connectivity index (χ3v) is 4.40. The second kappa shape index (κ2) is 7.49. The number of Topliss-reactive ketones (excluding diaryl/α,β-unsaturated/α-hetero) is 1. The van der Waals surface area contributed by atoms with Gasteiger partial charge in [-0.3, -0.25) is 9.69 Å². The molecule has 116 valence electrons. The number of carbonyl (C=O) groups excluding carboxylic acids is 1. The molecule has 0 aliphatic carbocycles. The van der Waals surface area contributed by atoms with Gasteiger partial charge in [0.25, 0.3) is 0 Å². The van der Waals surface area contributed by atoms with Crippen LogP contribution in [0.25, 0.3) is 0 Å². The molecule has 1 N–H and O–H groups in total. The number of β-amino-alcohol motifs (C(OH)–C–C–N with tert-alkyl or cyclic N) is 1. The molecule has 1 fully saturated rings. The number of aliphatic hydroxyl groups excluding tert-OH is 1. The van der Waals surface area contributed by atoms with Crippen molar-refractivity contribution in [1.82, 2.24) is 9.80 Å². The minimum Gasteiger partial charge on any atom is -0.392 e. The monoisotopic (exact) mass is 354 g/mol. The Balaban J connectivity index is 1.89. The number of benzene rings is 1. The quantitative estimate of drug-likeness (QED) is 0.793. The number of hydrogen-bond acceptors (Lipinski definition) is 4. The number of likely N-dealkylation sites (N-methyl/N-ethyl adjacent to an activating group) is 1. The predicted molar refractivity (Wildman–Crippen MR) is 87.6 cm³/mol. The van der Waals surface area contributed by atoms with E-state index in [1.807, 2.05) is 38.4 Å². The minimum absolute atomic E-state index is 0.160. The summed E-state index contributed by atoms with van der Waals surface area (Å²) < 4.78 is 0.979. The number of halogens is 1. The molecule has 0 bridgehead atoms. The molecular formula is C16H23BrN2O2. The van der Waals surface area contributed by atoms with Gasteiger partial charge in [0.1, 0.15) is 0 Å². The van der Waals surface area contributed by atoms with Crippen LogP contribution in [-0.2, 0) is 0 Å². The summed E-state index contributed by atoms with van der Waals surface area (Å²) in [7, 11) is 4.08. The van der Waals surface area contributed by atoms with Gasteiger partial charge in [0.05, 0.1) is 6.10 Å². The van der Waals surface area contributed by atoms with E-state index in [4.69, 9.17) is 0 Å². The fourth-order valence-electron chi connectivity index (χ4n) is 2.87. The summed E-state index contributed by atoms with van der Waals surface area (Å²) in [4.78, 5) is 16.6. The smallest absolute Gasteiger partial charge is 0.164 e. The first-order chi connectivity index (χ1) is 9.95. The number of aliphatic hydroxyl groups is 1. The van der Waals surface area contributed by atoms with Crippen LogP contribution in [0.1, 0.15) is 23.2 Å². The normalized spacial score (nSPS) is 22.9. The first kappa shape index (κ1) is 16.6. The van der Waals surface area contributed by atoms with Crippen molar-refractivity contribution in [2.24, 2.45) is 0 Å². The number of nitrogens with zero attached hydrogens (tertiary/aromatic N) is 2. The highest BCUT2D eigenvalue weighted by Gasteiger charge is 2.31. The first-order valence-corrected chi connectivity index (χ1v) is 8.10. The lowest BCUT2D eigenvalue weighted by Gasteiger charge is -2.26. The van der Waals surface area contributed by atoms with E-state index >= 15 is 0 Å². The molecule has 1 heterocycles. The topological polar surface area (TPSA) is 43.8 Å². The maximum atomic E-state index is 12.2. The third kappa shape index (κ3) is 4.88. The van der Waals surface area contributed by atoms with E-state index in [0.717, 1.165) is 23.0 Å². The number of ketones is 1. The van der Waals surface area contributed by atoms with E-state index in [1.54, 1.807) is 0 Å². The number of hydrogen-bond donors (Lipinski definition) is 1. The number of rotatable bonds is 6. The highest BCUT2D eigenvalue weighted by molar-refractivity contribution is 9.10. The fourth-order valence-corrected chi connectivity index (χ4v) is 3.13. The molecule has 21 heavy (non-hydrogen) atoms. The van der Waals surface area contributed by atoms with Crippen LogP contribution in [0.2, 0.25) is 0 Å². The summed E-state index contributed by atoms with van der Waals surface area (Å²) in [5.74, 6) is 0.160. The molecule has 0 aromatic heterocycles. The summed E-state index contributed by atoms with van der Waals surface area (Å²) >= 11 is 3.37. The third-order valence-electron chi connectivity index (χ3n) is 3.87. The molecule has 1 aliphatic rings. The molecule has 0 radical (unpaired) electrons. The van der Waals surface area contributed by atoms with Gasteiger partial charge in [-0.1, -0.05) is 28.1 Å².